The van der Waals surface area contributed by atoms with Crippen LogP contribution in [0.4, 0.5) is 0 Å². The van der Waals surface area contributed by atoms with Crippen molar-refractivity contribution in [3.05, 3.63) is 59.7 Å². The lowest BCUT2D eigenvalue weighted by molar-refractivity contribution is -0.156. The lowest BCUT2D eigenvalue weighted by Crippen LogP contribution is -2.46. The van der Waals surface area contributed by atoms with Gasteiger partial charge < -0.3 is 54.8 Å². The average Bonchev–Trinajstić information content (AvgIpc) is 3.05. The zero-order chi connectivity index (χ0) is 35.5. The second kappa shape index (κ2) is 20.8. The van der Waals surface area contributed by atoms with Gasteiger partial charge in [0.15, 0.2) is 40.9 Å². The number of hydrogen-bond donors (Lipinski definition) is 7. The number of aromatic hydroxyl groups is 2. The first kappa shape index (κ1) is 39.9. The fourth-order valence-electron chi connectivity index (χ4n) is 3.51. The number of phenols is 2. The van der Waals surface area contributed by atoms with E-state index in [1.165, 1.54) is 38.5 Å². The van der Waals surface area contributed by atoms with Gasteiger partial charge in [-0.3, -0.25) is 19.2 Å². The first-order valence-corrected chi connectivity index (χ1v) is 13.9. The van der Waals surface area contributed by atoms with Crippen molar-refractivity contribution in [2.24, 2.45) is 0 Å². The highest BCUT2D eigenvalue weighted by Crippen LogP contribution is 2.27. The van der Waals surface area contributed by atoms with Gasteiger partial charge in [-0.05, 0) is 54.0 Å². The van der Waals surface area contributed by atoms with E-state index in [-0.39, 0.29) is 55.0 Å². The van der Waals surface area contributed by atoms with Gasteiger partial charge in [-0.1, -0.05) is 24.3 Å². The van der Waals surface area contributed by atoms with Crippen LogP contribution in [0.15, 0.2) is 48.6 Å². The third kappa shape index (κ3) is 15.2. The van der Waals surface area contributed by atoms with Crippen LogP contribution in [0.1, 0.15) is 36.8 Å². The number of allylic oxidation sites excluding steroid dienone is 2. The molecule has 4 atom stereocenters. The second-order valence-corrected chi connectivity index (χ2v) is 9.74. The Labute approximate surface area is 269 Å². The predicted molar refractivity (Wildman–Crippen MR) is 165 cm³/mol. The number of aldehydes is 1. The maximum Gasteiger partial charge on any atom is 0.305 e. The van der Waals surface area contributed by atoms with Crippen LogP contribution in [0.25, 0.3) is 12.2 Å². The van der Waals surface area contributed by atoms with E-state index in [1.807, 2.05) is 0 Å². The van der Waals surface area contributed by atoms with Gasteiger partial charge in [0.05, 0.1) is 20.6 Å². The highest BCUT2D eigenvalue weighted by Gasteiger charge is 2.30. The number of aliphatic hydroxyl groups is 4. The molecule has 0 radical (unpaired) electrons. The monoisotopic (exact) mass is 662 g/mol. The standard InChI is InChI=1S/C21H20O6.C11H18O9/c1-26-20-11-14(5-9-18(20)24)3-7-16(22)13-17(23)8-4-15-6-10-19(25)21(12-15)27-2;12-4-6(13)10(18)11(19)7(14)5-20-9(17)3-1-2-8(15)16/h3-12,24-25H,13H2,1-2H3;4,6-7,10-11,13-14,18-19H,1-3,5H2,(H,15,16)/t;6-,7+,10+,11+/m.0/s1. The quantitative estimate of drug-likeness (QED) is 0.0504. The molecule has 47 heavy (non-hydrogen) atoms. The summed E-state index contributed by atoms with van der Waals surface area (Å²) in [6.45, 7) is -0.657. The summed E-state index contributed by atoms with van der Waals surface area (Å²) in [5.74, 6) is -1.91. The fourth-order valence-corrected chi connectivity index (χ4v) is 3.51. The van der Waals surface area contributed by atoms with Crippen molar-refractivity contribution >= 4 is 41.9 Å². The molecule has 0 amide bonds. The smallest absolute Gasteiger partial charge is 0.305 e. The molecule has 2 rings (SSSR count). The molecule has 2 aromatic carbocycles. The predicted octanol–water partition coefficient (Wildman–Crippen LogP) is 0.797. The molecular weight excluding hydrogens is 624 g/mol. The number of carbonyl (C=O) groups is 5. The van der Waals surface area contributed by atoms with Gasteiger partial charge in [0.25, 0.3) is 0 Å². The first-order valence-electron chi connectivity index (χ1n) is 13.9. The lowest BCUT2D eigenvalue weighted by atomic mass is 10.0. The summed E-state index contributed by atoms with van der Waals surface area (Å²) in [6, 6.07) is 9.34. The van der Waals surface area contributed by atoms with Crippen molar-refractivity contribution in [3.8, 4) is 23.0 Å². The molecule has 0 spiro atoms. The summed E-state index contributed by atoms with van der Waals surface area (Å²) in [5, 5.41) is 64.3. The molecule has 7 N–H and O–H groups in total. The molecule has 0 saturated carbocycles. The Morgan fingerprint density at radius 2 is 1.26 bits per heavy atom. The molecule has 256 valence electrons. The molecule has 0 saturated heterocycles. The number of carboxylic acids is 1. The van der Waals surface area contributed by atoms with E-state index in [0.717, 1.165) is 0 Å². The van der Waals surface area contributed by atoms with Crippen LogP contribution in [-0.2, 0) is 28.7 Å². The maximum atomic E-state index is 11.9. The highest BCUT2D eigenvalue weighted by molar-refractivity contribution is 6.10. The number of carboxylic acid groups (broad SMARTS) is 1. The van der Waals surface area contributed by atoms with E-state index >= 15 is 0 Å². The van der Waals surface area contributed by atoms with Crippen molar-refractivity contribution in [3.63, 3.8) is 0 Å². The fraction of sp³-hybridized carbons (Fsp3) is 0.344. The molecule has 0 bridgehead atoms. The van der Waals surface area contributed by atoms with Gasteiger partial charge in [0.2, 0.25) is 0 Å². The van der Waals surface area contributed by atoms with E-state index < -0.39 is 43.0 Å². The molecule has 0 aliphatic carbocycles. The number of esters is 1. The van der Waals surface area contributed by atoms with Gasteiger partial charge in [0, 0.05) is 12.8 Å². The third-order valence-electron chi connectivity index (χ3n) is 6.10. The molecule has 0 aliphatic heterocycles. The van der Waals surface area contributed by atoms with Crippen LogP contribution in [-0.4, -0.2) is 111 Å². The van der Waals surface area contributed by atoms with Gasteiger partial charge in [-0.2, -0.15) is 0 Å². The molecule has 15 heteroatoms. The Bertz CT molecular complexity index is 1340. The van der Waals surface area contributed by atoms with E-state index in [0.29, 0.717) is 22.6 Å². The minimum atomic E-state index is -1.91. The highest BCUT2D eigenvalue weighted by atomic mass is 16.5. The summed E-state index contributed by atoms with van der Waals surface area (Å²) in [5.41, 5.74) is 1.33. The summed E-state index contributed by atoms with van der Waals surface area (Å²) in [6.07, 6.45) is -2.22. The van der Waals surface area contributed by atoms with E-state index in [9.17, 15) is 49.5 Å². The zero-order valence-corrected chi connectivity index (χ0v) is 25.6. The third-order valence-corrected chi connectivity index (χ3v) is 6.10. The van der Waals surface area contributed by atoms with Crippen LogP contribution in [0.5, 0.6) is 23.0 Å². The normalized spacial score (nSPS) is 13.5. The van der Waals surface area contributed by atoms with Crippen LogP contribution in [0.2, 0.25) is 0 Å². The second-order valence-electron chi connectivity index (χ2n) is 9.74. The molecule has 0 heterocycles. The Hall–Kier alpha value is -5.09. The van der Waals surface area contributed by atoms with Crippen LogP contribution in [0, 0.1) is 0 Å². The van der Waals surface area contributed by atoms with Gasteiger partial charge in [-0.15, -0.1) is 0 Å². The van der Waals surface area contributed by atoms with E-state index in [4.69, 9.17) is 19.7 Å². The summed E-state index contributed by atoms with van der Waals surface area (Å²) < 4.78 is 14.5. The van der Waals surface area contributed by atoms with Crippen molar-refractivity contribution in [2.75, 3.05) is 20.8 Å². The van der Waals surface area contributed by atoms with Gasteiger partial charge in [-0.25, -0.2) is 0 Å². The molecule has 0 aliphatic rings. The molecule has 15 nitrogen and oxygen atoms in total. The topological polar surface area (TPSA) is 255 Å². The molecule has 2 aromatic rings. The van der Waals surface area contributed by atoms with Crippen LogP contribution < -0.4 is 9.47 Å². The number of benzene rings is 2. The van der Waals surface area contributed by atoms with Crippen molar-refractivity contribution < 1.29 is 73.9 Å². The largest absolute Gasteiger partial charge is 0.504 e. The molecule has 0 fully saturated rings. The van der Waals surface area contributed by atoms with Gasteiger partial charge >= 0.3 is 11.9 Å². The number of carbonyl (C=O) groups excluding carboxylic acids is 4. The maximum absolute atomic E-state index is 11.9. The Morgan fingerprint density at radius 3 is 1.68 bits per heavy atom. The summed E-state index contributed by atoms with van der Waals surface area (Å²) in [7, 11) is 2.87. The first-order chi connectivity index (χ1) is 22.2. The van der Waals surface area contributed by atoms with Crippen molar-refractivity contribution in [2.45, 2.75) is 50.1 Å². The number of hydrogen-bond acceptors (Lipinski definition) is 14. The van der Waals surface area contributed by atoms with Crippen molar-refractivity contribution in [1.82, 2.24) is 0 Å². The summed E-state index contributed by atoms with van der Waals surface area (Å²) in [4.78, 5) is 55.4. The number of ketones is 2. The molecular formula is C32H38O15. The number of aliphatic carboxylic acids is 1. The van der Waals surface area contributed by atoms with Crippen molar-refractivity contribution in [1.29, 1.82) is 0 Å². The number of aliphatic hydroxyl groups excluding tert-OH is 4. The van der Waals surface area contributed by atoms with E-state index in [2.05, 4.69) is 4.74 Å². The Morgan fingerprint density at radius 1 is 0.766 bits per heavy atom. The SMILES string of the molecule is COc1cc(C=CC(=O)CC(=O)C=Cc2ccc(O)c(OC)c2)ccc1O.O=C[C@H](O)[C@@H](O)[C@H](O)[C@H](O)COC(=O)CCCC(=O)O. The Kier molecular flexibility index (Phi) is 17.7. The molecule has 0 aromatic heterocycles. The van der Waals surface area contributed by atoms with Crippen LogP contribution in [0.3, 0.4) is 0 Å². The number of methoxy groups -OCH3 is 2. The minimum Gasteiger partial charge on any atom is -0.504 e. The molecule has 0 unspecified atom stereocenters. The van der Waals surface area contributed by atoms with E-state index in [1.54, 1.807) is 36.4 Å². The zero-order valence-electron chi connectivity index (χ0n) is 25.6. The Balaban J connectivity index is 0.000000494. The number of ether oxygens (including phenoxy) is 3. The lowest BCUT2D eigenvalue weighted by Gasteiger charge is -2.23. The number of phenolic OH excluding ortho intramolecular Hbond substituents is 2. The minimum absolute atomic E-state index is 0.00662. The average molecular weight is 663 g/mol. The van der Waals surface area contributed by atoms with Crippen LogP contribution >= 0.6 is 0 Å². The number of rotatable bonds is 18. The van der Waals surface area contributed by atoms with Gasteiger partial charge in [0.1, 0.15) is 31.0 Å². The summed E-state index contributed by atoms with van der Waals surface area (Å²) >= 11 is 0.